The van der Waals surface area contributed by atoms with Crippen molar-refractivity contribution in [2.45, 2.75) is 19.8 Å². The Hall–Kier alpha value is -1.82. The van der Waals surface area contributed by atoms with Gasteiger partial charge in [0.05, 0.1) is 13.2 Å². The third-order valence-corrected chi connectivity index (χ3v) is 2.89. The Kier molecular flexibility index (Phi) is 5.22. The molecule has 0 amide bonds. The van der Waals surface area contributed by atoms with Crippen molar-refractivity contribution in [1.82, 2.24) is 0 Å². The van der Waals surface area contributed by atoms with Crippen molar-refractivity contribution in [1.29, 1.82) is 5.26 Å². The van der Waals surface area contributed by atoms with E-state index in [1.807, 2.05) is 43.3 Å². The van der Waals surface area contributed by atoms with Gasteiger partial charge in [0.25, 0.3) is 0 Å². The average Bonchev–Trinajstić information content (AvgIpc) is 2.38. The fraction of sp³-hybridized carbons (Fsp3) is 0.429. The van der Waals surface area contributed by atoms with E-state index >= 15 is 0 Å². The molecule has 0 radical (unpaired) electrons. The standard InChI is InChI=1S/C14H17NO2/c1-11(13(10-15)14(16)17-2)8-9-12-6-4-3-5-7-12/h3-7,11,13H,8-9H2,1-2H3. The molecule has 1 rings (SSSR count). The predicted octanol–water partition coefficient (Wildman–Crippen LogP) is 2.57. The summed E-state index contributed by atoms with van der Waals surface area (Å²) >= 11 is 0. The fourth-order valence-electron chi connectivity index (χ4n) is 1.74. The third kappa shape index (κ3) is 3.92. The first kappa shape index (κ1) is 13.2. The van der Waals surface area contributed by atoms with E-state index in [9.17, 15) is 4.79 Å². The number of carbonyl (C=O) groups is 1. The number of esters is 1. The number of methoxy groups -OCH3 is 1. The van der Waals surface area contributed by atoms with Crippen LogP contribution in [0.5, 0.6) is 0 Å². The second-order valence-corrected chi connectivity index (χ2v) is 4.13. The zero-order chi connectivity index (χ0) is 12.7. The van der Waals surface area contributed by atoms with Crippen LogP contribution >= 0.6 is 0 Å². The minimum absolute atomic E-state index is 0.00709. The molecule has 0 aliphatic rings. The van der Waals surface area contributed by atoms with Gasteiger partial charge in [0.2, 0.25) is 0 Å². The number of hydrogen-bond acceptors (Lipinski definition) is 3. The van der Waals surface area contributed by atoms with E-state index in [0.717, 1.165) is 12.8 Å². The molecule has 1 aromatic carbocycles. The molecule has 2 atom stereocenters. The first-order valence-corrected chi connectivity index (χ1v) is 5.70. The number of hydrogen-bond donors (Lipinski definition) is 0. The molecule has 0 N–H and O–H groups in total. The quantitative estimate of drug-likeness (QED) is 0.732. The molecule has 0 heterocycles. The highest BCUT2D eigenvalue weighted by atomic mass is 16.5. The van der Waals surface area contributed by atoms with Crippen LogP contribution in [0, 0.1) is 23.2 Å². The van der Waals surface area contributed by atoms with Crippen LogP contribution < -0.4 is 0 Å². The number of carbonyl (C=O) groups excluding carboxylic acids is 1. The maximum atomic E-state index is 11.4. The monoisotopic (exact) mass is 231 g/mol. The minimum Gasteiger partial charge on any atom is -0.468 e. The fourth-order valence-corrected chi connectivity index (χ4v) is 1.74. The van der Waals surface area contributed by atoms with Gasteiger partial charge in [-0.3, -0.25) is 4.79 Å². The van der Waals surface area contributed by atoms with Gasteiger partial charge in [-0.1, -0.05) is 37.3 Å². The lowest BCUT2D eigenvalue weighted by atomic mass is 9.90. The van der Waals surface area contributed by atoms with E-state index in [1.165, 1.54) is 12.7 Å². The average molecular weight is 231 g/mol. The van der Waals surface area contributed by atoms with Gasteiger partial charge < -0.3 is 4.74 Å². The molecule has 90 valence electrons. The van der Waals surface area contributed by atoms with Gasteiger partial charge in [-0.15, -0.1) is 0 Å². The smallest absolute Gasteiger partial charge is 0.323 e. The zero-order valence-corrected chi connectivity index (χ0v) is 10.2. The summed E-state index contributed by atoms with van der Waals surface area (Å²) in [6.45, 7) is 1.91. The number of benzene rings is 1. The molecule has 3 nitrogen and oxygen atoms in total. The summed E-state index contributed by atoms with van der Waals surface area (Å²) in [7, 11) is 1.32. The zero-order valence-electron chi connectivity index (χ0n) is 10.2. The molecule has 0 aliphatic heterocycles. The topological polar surface area (TPSA) is 50.1 Å². The molecule has 0 saturated heterocycles. The van der Waals surface area contributed by atoms with E-state index < -0.39 is 11.9 Å². The van der Waals surface area contributed by atoms with Crippen LogP contribution in [0.15, 0.2) is 30.3 Å². The predicted molar refractivity (Wildman–Crippen MR) is 65.0 cm³/mol. The van der Waals surface area contributed by atoms with Crippen molar-refractivity contribution in [2.24, 2.45) is 11.8 Å². The Balaban J connectivity index is 2.52. The molecule has 1 aromatic rings. The Bertz CT molecular complexity index is 394. The summed E-state index contributed by atoms with van der Waals surface area (Å²) in [4.78, 5) is 11.4. The minimum atomic E-state index is -0.663. The van der Waals surface area contributed by atoms with Crippen LogP contribution in [0.2, 0.25) is 0 Å². The van der Waals surface area contributed by atoms with Crippen LogP contribution in [0.4, 0.5) is 0 Å². The first-order chi connectivity index (χ1) is 8.19. The first-order valence-electron chi connectivity index (χ1n) is 5.70. The number of ether oxygens (including phenoxy) is 1. The largest absolute Gasteiger partial charge is 0.468 e. The van der Waals surface area contributed by atoms with E-state index in [0.29, 0.717) is 0 Å². The molecular weight excluding hydrogens is 214 g/mol. The molecule has 2 unspecified atom stereocenters. The van der Waals surface area contributed by atoms with Crippen LogP contribution in [-0.2, 0) is 16.0 Å². The van der Waals surface area contributed by atoms with E-state index in [-0.39, 0.29) is 5.92 Å². The molecule has 17 heavy (non-hydrogen) atoms. The summed E-state index contributed by atoms with van der Waals surface area (Å²) in [6.07, 6.45) is 1.68. The SMILES string of the molecule is COC(=O)C(C#N)C(C)CCc1ccccc1. The van der Waals surface area contributed by atoms with Gasteiger partial charge >= 0.3 is 5.97 Å². The van der Waals surface area contributed by atoms with Crippen molar-refractivity contribution in [2.75, 3.05) is 7.11 Å². The highest BCUT2D eigenvalue weighted by molar-refractivity contribution is 5.75. The highest BCUT2D eigenvalue weighted by Crippen LogP contribution is 2.18. The van der Waals surface area contributed by atoms with Crippen molar-refractivity contribution in [3.05, 3.63) is 35.9 Å². The van der Waals surface area contributed by atoms with Gasteiger partial charge in [0, 0.05) is 0 Å². The van der Waals surface area contributed by atoms with Crippen molar-refractivity contribution in [3.63, 3.8) is 0 Å². The van der Waals surface area contributed by atoms with Crippen molar-refractivity contribution in [3.8, 4) is 6.07 Å². The molecule has 0 fully saturated rings. The maximum Gasteiger partial charge on any atom is 0.323 e. The van der Waals surface area contributed by atoms with Crippen LogP contribution in [0.25, 0.3) is 0 Å². The molecule has 0 spiro atoms. The number of nitriles is 1. The van der Waals surface area contributed by atoms with Crippen LogP contribution in [0.1, 0.15) is 18.9 Å². The summed E-state index contributed by atoms with van der Waals surface area (Å²) in [5.41, 5.74) is 1.22. The van der Waals surface area contributed by atoms with Gasteiger partial charge in [0.1, 0.15) is 5.92 Å². The maximum absolute atomic E-state index is 11.4. The van der Waals surface area contributed by atoms with E-state index in [2.05, 4.69) is 4.74 Å². The van der Waals surface area contributed by atoms with E-state index in [4.69, 9.17) is 5.26 Å². The van der Waals surface area contributed by atoms with Crippen molar-refractivity contribution < 1.29 is 9.53 Å². The molecule has 0 saturated carbocycles. The third-order valence-electron chi connectivity index (χ3n) is 2.89. The summed E-state index contributed by atoms with van der Waals surface area (Å²) in [5, 5.41) is 8.94. The lowest BCUT2D eigenvalue weighted by Gasteiger charge is -2.15. The number of rotatable bonds is 5. The van der Waals surface area contributed by atoms with Crippen LogP contribution in [-0.4, -0.2) is 13.1 Å². The Labute approximate surface area is 102 Å². The molecular formula is C14H17NO2. The molecule has 0 aromatic heterocycles. The second kappa shape index (κ2) is 6.70. The number of aryl methyl sites for hydroxylation is 1. The van der Waals surface area contributed by atoms with Gasteiger partial charge in [-0.05, 0) is 24.3 Å². The Morgan fingerprint density at radius 2 is 2.06 bits per heavy atom. The summed E-state index contributed by atoms with van der Waals surface area (Å²) < 4.78 is 4.61. The van der Waals surface area contributed by atoms with Gasteiger partial charge in [-0.2, -0.15) is 5.26 Å². The Morgan fingerprint density at radius 1 is 1.41 bits per heavy atom. The summed E-state index contributed by atoms with van der Waals surface area (Å²) in [6, 6.07) is 12.1. The second-order valence-electron chi connectivity index (χ2n) is 4.13. The lowest BCUT2D eigenvalue weighted by molar-refractivity contribution is -0.144. The lowest BCUT2D eigenvalue weighted by Crippen LogP contribution is -2.22. The molecule has 0 aliphatic carbocycles. The number of nitrogens with zero attached hydrogens (tertiary/aromatic N) is 1. The summed E-state index contributed by atoms with van der Waals surface area (Å²) in [5.74, 6) is -1.09. The van der Waals surface area contributed by atoms with Crippen LogP contribution in [0.3, 0.4) is 0 Å². The molecule has 0 bridgehead atoms. The van der Waals surface area contributed by atoms with Gasteiger partial charge in [0.15, 0.2) is 0 Å². The van der Waals surface area contributed by atoms with Crippen molar-refractivity contribution >= 4 is 5.97 Å². The normalized spacial score (nSPS) is 13.5. The van der Waals surface area contributed by atoms with Gasteiger partial charge in [-0.25, -0.2) is 0 Å². The highest BCUT2D eigenvalue weighted by Gasteiger charge is 2.25. The molecule has 3 heteroatoms. The van der Waals surface area contributed by atoms with E-state index in [1.54, 1.807) is 0 Å². The Morgan fingerprint density at radius 3 is 2.59 bits per heavy atom.